The third-order valence-electron chi connectivity index (χ3n) is 0.992. The van der Waals surface area contributed by atoms with Gasteiger partial charge >= 0.3 is 18.2 Å². The van der Waals surface area contributed by atoms with Crippen LogP contribution in [0.2, 0.25) is 0 Å². The van der Waals surface area contributed by atoms with E-state index in [1.165, 1.54) is 0 Å². The average molecular weight is 202 g/mol. The predicted octanol–water partition coefficient (Wildman–Crippen LogP) is -1.82. The monoisotopic (exact) mass is 202 g/mol. The van der Waals surface area contributed by atoms with Crippen molar-refractivity contribution in [3.05, 3.63) is 0 Å². The first kappa shape index (κ1) is 12.2. The van der Waals surface area contributed by atoms with Gasteiger partial charge in [0.05, 0.1) is 0 Å². The largest absolute Gasteiger partial charge is 0.456 e. The van der Waals surface area contributed by atoms with Gasteiger partial charge in [0.25, 0.3) is 5.78 Å². The van der Waals surface area contributed by atoms with E-state index in [-0.39, 0.29) is 6.61 Å². The predicted molar refractivity (Wildman–Crippen MR) is 38.2 cm³/mol. The van der Waals surface area contributed by atoms with E-state index in [0.29, 0.717) is 0 Å². The first-order valence-electron chi connectivity index (χ1n) is 3.44. The van der Waals surface area contributed by atoms with Crippen molar-refractivity contribution in [1.29, 1.82) is 0 Å². The second kappa shape index (κ2) is 6.72. The summed E-state index contributed by atoms with van der Waals surface area (Å²) in [6.07, 6.45) is 0.918. The number of ether oxygens (including phenoxy) is 2. The van der Waals surface area contributed by atoms with Crippen LogP contribution in [0.25, 0.3) is 0 Å². The molecular weight excluding hydrogens is 196 g/mol. The Kier molecular flexibility index (Phi) is 5.88. The molecule has 0 spiro atoms. The SMILES string of the molecule is [O]CC(=O)C(=O)OCCOC(=O)[C]=O. The van der Waals surface area contributed by atoms with Gasteiger partial charge in [0.1, 0.15) is 13.2 Å². The van der Waals surface area contributed by atoms with Crippen LogP contribution < -0.4 is 0 Å². The Hall–Kier alpha value is -1.76. The second-order valence-electron chi connectivity index (χ2n) is 1.94. The molecule has 0 atom stereocenters. The summed E-state index contributed by atoms with van der Waals surface area (Å²) in [4.78, 5) is 40.6. The van der Waals surface area contributed by atoms with Gasteiger partial charge in [-0.1, -0.05) is 0 Å². The van der Waals surface area contributed by atoms with Gasteiger partial charge in [-0.25, -0.2) is 14.7 Å². The molecule has 2 radical (unpaired) electrons. The van der Waals surface area contributed by atoms with Gasteiger partial charge < -0.3 is 9.47 Å². The summed E-state index contributed by atoms with van der Waals surface area (Å²) in [5, 5.41) is 9.87. The normalized spacial score (nSPS) is 8.93. The van der Waals surface area contributed by atoms with E-state index in [1.54, 1.807) is 0 Å². The number of carbonyl (C=O) groups excluding carboxylic acids is 4. The van der Waals surface area contributed by atoms with Gasteiger partial charge in [0, 0.05) is 0 Å². The average Bonchev–Trinajstić information content (AvgIpc) is 2.22. The maximum atomic E-state index is 10.5. The number of hydrogen-bond acceptors (Lipinski definition) is 6. The molecular formula is C7H6O7. The Morgan fingerprint density at radius 1 is 1.07 bits per heavy atom. The van der Waals surface area contributed by atoms with E-state index < -0.39 is 30.9 Å². The van der Waals surface area contributed by atoms with Gasteiger partial charge in [0.2, 0.25) is 0 Å². The maximum absolute atomic E-state index is 10.5. The summed E-state index contributed by atoms with van der Waals surface area (Å²) in [5.41, 5.74) is 0. The van der Waals surface area contributed by atoms with Gasteiger partial charge in [0.15, 0.2) is 6.61 Å². The lowest BCUT2D eigenvalue weighted by atomic mass is 10.4. The second-order valence-corrected chi connectivity index (χ2v) is 1.94. The molecule has 7 heteroatoms. The van der Waals surface area contributed by atoms with Crippen LogP contribution in [0, 0.1) is 0 Å². The smallest absolute Gasteiger partial charge is 0.383 e. The molecule has 0 fully saturated rings. The maximum Gasteiger partial charge on any atom is 0.383 e. The lowest BCUT2D eigenvalue weighted by Crippen LogP contribution is -2.22. The number of rotatable bonds is 6. The van der Waals surface area contributed by atoms with Crippen molar-refractivity contribution in [2.75, 3.05) is 19.8 Å². The van der Waals surface area contributed by atoms with Gasteiger partial charge in [-0.2, -0.15) is 0 Å². The molecule has 0 aromatic heterocycles. The number of carbonyl (C=O) groups is 3. The molecule has 76 valence electrons. The molecule has 7 nitrogen and oxygen atoms in total. The highest BCUT2D eigenvalue weighted by Crippen LogP contribution is 1.83. The molecule has 0 aromatic rings. The lowest BCUT2D eigenvalue weighted by Gasteiger charge is -2.01. The highest BCUT2D eigenvalue weighted by atomic mass is 16.6. The van der Waals surface area contributed by atoms with E-state index in [2.05, 4.69) is 9.47 Å². The van der Waals surface area contributed by atoms with E-state index in [9.17, 15) is 24.3 Å². The number of ketones is 1. The van der Waals surface area contributed by atoms with Crippen LogP contribution in [-0.2, 0) is 33.8 Å². The Morgan fingerprint density at radius 3 is 2.14 bits per heavy atom. The Bertz CT molecular complexity index is 244. The summed E-state index contributed by atoms with van der Waals surface area (Å²) >= 11 is 0. The highest BCUT2D eigenvalue weighted by molar-refractivity contribution is 6.34. The molecule has 0 amide bonds. The van der Waals surface area contributed by atoms with Crippen molar-refractivity contribution in [2.45, 2.75) is 0 Å². The summed E-state index contributed by atoms with van der Waals surface area (Å²) in [5.74, 6) is -3.72. The van der Waals surface area contributed by atoms with Gasteiger partial charge in [-0.3, -0.25) is 9.59 Å². The van der Waals surface area contributed by atoms with Gasteiger partial charge in [-0.15, -0.1) is 0 Å². The summed E-state index contributed by atoms with van der Waals surface area (Å²) in [6.45, 7) is -1.95. The fraction of sp³-hybridized carbons (Fsp3) is 0.429. The minimum atomic E-state index is -1.29. The van der Waals surface area contributed by atoms with Crippen molar-refractivity contribution in [2.24, 2.45) is 0 Å². The minimum Gasteiger partial charge on any atom is -0.456 e. The van der Waals surface area contributed by atoms with Crippen LogP contribution in [0.3, 0.4) is 0 Å². The molecule has 0 rings (SSSR count). The van der Waals surface area contributed by atoms with Crippen LogP contribution in [0.15, 0.2) is 0 Å². The number of Topliss-reactive ketones (excluding diaryl/α,β-unsaturated/α-hetero) is 1. The lowest BCUT2D eigenvalue weighted by molar-refractivity contribution is -0.157. The molecule has 0 aliphatic rings. The van der Waals surface area contributed by atoms with Crippen LogP contribution in [-0.4, -0.2) is 43.8 Å². The summed E-state index contributed by atoms with van der Waals surface area (Å²) < 4.78 is 8.32. The van der Waals surface area contributed by atoms with Crippen LogP contribution in [0.1, 0.15) is 0 Å². The standard InChI is InChI=1S/C7H6O7/c8-3-5(10)7(12)14-2-1-13-6(11)4-9/h1-3H2. The molecule has 0 bridgehead atoms. The summed E-state index contributed by atoms with van der Waals surface area (Å²) in [6, 6.07) is 0. The van der Waals surface area contributed by atoms with E-state index in [1.807, 2.05) is 0 Å². The Morgan fingerprint density at radius 2 is 1.64 bits per heavy atom. The first-order valence-corrected chi connectivity index (χ1v) is 3.44. The highest BCUT2D eigenvalue weighted by Gasteiger charge is 2.14. The molecule has 0 saturated heterocycles. The zero-order chi connectivity index (χ0) is 11.0. The summed E-state index contributed by atoms with van der Waals surface area (Å²) in [7, 11) is 0. The van der Waals surface area contributed by atoms with Crippen molar-refractivity contribution < 1.29 is 33.8 Å². The zero-order valence-corrected chi connectivity index (χ0v) is 6.98. The third kappa shape index (κ3) is 4.99. The molecule has 0 N–H and O–H groups in total. The molecule has 0 saturated carbocycles. The van der Waals surface area contributed by atoms with E-state index in [4.69, 9.17) is 0 Å². The van der Waals surface area contributed by atoms with Crippen molar-refractivity contribution >= 4 is 24.0 Å². The quantitative estimate of drug-likeness (QED) is 0.285. The minimum absolute atomic E-state index is 0.369. The van der Waals surface area contributed by atoms with Crippen LogP contribution in [0.4, 0.5) is 0 Å². The fourth-order valence-corrected chi connectivity index (χ4v) is 0.438. The van der Waals surface area contributed by atoms with Gasteiger partial charge in [-0.05, 0) is 0 Å². The number of esters is 2. The third-order valence-corrected chi connectivity index (χ3v) is 0.992. The first-order chi connectivity index (χ1) is 6.61. The molecule has 14 heavy (non-hydrogen) atoms. The fourth-order valence-electron chi connectivity index (χ4n) is 0.438. The molecule has 0 aromatic carbocycles. The van der Waals surface area contributed by atoms with Crippen molar-refractivity contribution in [3.63, 3.8) is 0 Å². The Balaban J connectivity index is 3.55. The number of hydrogen-bond donors (Lipinski definition) is 0. The Labute approximate surface area is 78.6 Å². The van der Waals surface area contributed by atoms with E-state index >= 15 is 0 Å². The topological polar surface area (TPSA) is 107 Å². The van der Waals surface area contributed by atoms with Crippen molar-refractivity contribution in [3.8, 4) is 0 Å². The molecule has 0 heterocycles. The van der Waals surface area contributed by atoms with Crippen LogP contribution >= 0.6 is 0 Å². The molecule has 0 aliphatic heterocycles. The van der Waals surface area contributed by atoms with E-state index in [0.717, 1.165) is 6.29 Å². The van der Waals surface area contributed by atoms with Crippen molar-refractivity contribution in [1.82, 2.24) is 0 Å². The van der Waals surface area contributed by atoms with Crippen LogP contribution in [0.5, 0.6) is 0 Å². The molecule has 0 aliphatic carbocycles. The zero-order valence-electron chi connectivity index (χ0n) is 6.98. The molecule has 0 unspecified atom stereocenters.